The average molecular weight is 134 g/mol. The van der Waals surface area contributed by atoms with Crippen molar-refractivity contribution in [3.63, 3.8) is 0 Å². The topological polar surface area (TPSA) is 0 Å². The lowest BCUT2D eigenvalue weighted by Crippen LogP contribution is -2.09. The van der Waals surface area contributed by atoms with Gasteiger partial charge < -0.3 is 0 Å². The van der Waals surface area contributed by atoms with Gasteiger partial charge in [0, 0.05) is 0 Å². The Bertz CT molecular complexity index is 168. The van der Waals surface area contributed by atoms with Crippen LogP contribution in [0.3, 0.4) is 0 Å². The van der Waals surface area contributed by atoms with Gasteiger partial charge in [0.05, 0.1) is 0 Å². The van der Waals surface area contributed by atoms with Crippen LogP contribution in [0.4, 0.5) is 0 Å². The quantitative estimate of drug-likeness (QED) is 0.447. The zero-order chi connectivity index (χ0) is 7.14. The van der Waals surface area contributed by atoms with E-state index in [1.165, 1.54) is 30.4 Å². The highest BCUT2D eigenvalue weighted by Gasteiger charge is 2.32. The fourth-order valence-electron chi connectivity index (χ4n) is 2.30. The molecule has 2 saturated carbocycles. The van der Waals surface area contributed by atoms with E-state index in [2.05, 4.69) is 13.2 Å². The Morgan fingerprint density at radius 1 is 1.00 bits per heavy atom. The molecule has 0 aromatic carbocycles. The Balaban J connectivity index is 2.24. The molecule has 2 fully saturated rings. The fraction of sp³-hybridized carbons (Fsp3) is 0.600. The third kappa shape index (κ3) is 0.749. The van der Waals surface area contributed by atoms with Crippen LogP contribution in [0.25, 0.3) is 0 Å². The molecule has 0 nitrogen and oxygen atoms in total. The first-order valence-corrected chi connectivity index (χ1v) is 4.12. The number of rotatable bonds is 0. The smallest absolute Gasteiger partial charge is 0.0108 e. The lowest BCUT2D eigenvalue weighted by molar-refractivity contribution is 0.530. The molecule has 2 aliphatic rings. The van der Waals surface area contributed by atoms with Crippen molar-refractivity contribution >= 4 is 0 Å². The van der Waals surface area contributed by atoms with Crippen LogP contribution in [0, 0.1) is 11.8 Å². The van der Waals surface area contributed by atoms with Crippen molar-refractivity contribution in [3.05, 3.63) is 24.3 Å². The Morgan fingerprint density at radius 2 is 1.50 bits per heavy atom. The van der Waals surface area contributed by atoms with Crippen molar-refractivity contribution in [2.75, 3.05) is 0 Å². The highest BCUT2D eigenvalue weighted by Crippen LogP contribution is 2.46. The maximum absolute atomic E-state index is 4.08. The second-order valence-corrected chi connectivity index (χ2v) is 3.70. The molecule has 0 heteroatoms. The van der Waals surface area contributed by atoms with Crippen LogP contribution in [-0.4, -0.2) is 0 Å². The SMILES string of the molecule is C=C1CC(=C)C2CCC1C2. The third-order valence-electron chi connectivity index (χ3n) is 3.04. The summed E-state index contributed by atoms with van der Waals surface area (Å²) in [5, 5.41) is 0. The summed E-state index contributed by atoms with van der Waals surface area (Å²) in [4.78, 5) is 0. The summed E-state index contributed by atoms with van der Waals surface area (Å²) >= 11 is 0. The monoisotopic (exact) mass is 134 g/mol. The van der Waals surface area contributed by atoms with E-state index in [1.54, 1.807) is 0 Å². The van der Waals surface area contributed by atoms with E-state index in [4.69, 9.17) is 0 Å². The molecule has 2 atom stereocenters. The van der Waals surface area contributed by atoms with Crippen LogP contribution < -0.4 is 0 Å². The predicted octanol–water partition coefficient (Wildman–Crippen LogP) is 2.92. The van der Waals surface area contributed by atoms with Gasteiger partial charge >= 0.3 is 0 Å². The minimum Gasteiger partial charge on any atom is -0.0993 e. The second kappa shape index (κ2) is 1.98. The zero-order valence-corrected chi connectivity index (χ0v) is 6.40. The van der Waals surface area contributed by atoms with Gasteiger partial charge in [-0.25, -0.2) is 0 Å². The molecule has 2 bridgehead atoms. The number of allylic oxidation sites excluding steroid dienone is 2. The largest absolute Gasteiger partial charge is 0.0993 e. The van der Waals surface area contributed by atoms with Crippen LogP contribution in [0.5, 0.6) is 0 Å². The molecule has 0 amide bonds. The molecular formula is C10H14. The summed E-state index contributed by atoms with van der Waals surface area (Å²) in [7, 11) is 0. The minimum absolute atomic E-state index is 0.857. The molecule has 0 aromatic heterocycles. The summed E-state index contributed by atoms with van der Waals surface area (Å²) in [6.07, 6.45) is 5.23. The molecule has 0 heterocycles. The maximum atomic E-state index is 4.08. The first kappa shape index (κ1) is 6.21. The van der Waals surface area contributed by atoms with Crippen molar-refractivity contribution in [1.29, 1.82) is 0 Å². The number of hydrogen-bond donors (Lipinski definition) is 0. The van der Waals surface area contributed by atoms with Crippen LogP contribution in [0.2, 0.25) is 0 Å². The van der Waals surface area contributed by atoms with Crippen LogP contribution in [0.15, 0.2) is 24.3 Å². The number of fused-ring (bicyclic) bond motifs is 2. The van der Waals surface area contributed by atoms with Crippen molar-refractivity contribution in [3.8, 4) is 0 Å². The maximum Gasteiger partial charge on any atom is -0.0108 e. The van der Waals surface area contributed by atoms with Gasteiger partial charge in [0.2, 0.25) is 0 Å². The molecule has 0 saturated heterocycles. The van der Waals surface area contributed by atoms with Crippen molar-refractivity contribution in [2.24, 2.45) is 11.8 Å². The van der Waals surface area contributed by atoms with Gasteiger partial charge in [0.1, 0.15) is 0 Å². The molecule has 2 rings (SSSR count). The van der Waals surface area contributed by atoms with E-state index in [0.29, 0.717) is 0 Å². The molecule has 0 aliphatic heterocycles. The summed E-state index contributed by atoms with van der Waals surface area (Å²) < 4.78 is 0. The second-order valence-electron chi connectivity index (χ2n) is 3.70. The first-order chi connectivity index (χ1) is 4.77. The Kier molecular flexibility index (Phi) is 1.23. The van der Waals surface area contributed by atoms with Crippen LogP contribution in [0.1, 0.15) is 25.7 Å². The molecule has 0 aromatic rings. The van der Waals surface area contributed by atoms with E-state index in [9.17, 15) is 0 Å². The average Bonchev–Trinajstić information content (AvgIpc) is 2.28. The summed E-state index contributed by atoms with van der Waals surface area (Å²) in [6, 6.07) is 0. The predicted molar refractivity (Wildman–Crippen MR) is 43.7 cm³/mol. The van der Waals surface area contributed by atoms with Crippen molar-refractivity contribution in [1.82, 2.24) is 0 Å². The van der Waals surface area contributed by atoms with Gasteiger partial charge in [-0.2, -0.15) is 0 Å². The van der Waals surface area contributed by atoms with Gasteiger partial charge in [-0.3, -0.25) is 0 Å². The first-order valence-electron chi connectivity index (χ1n) is 4.12. The molecule has 10 heavy (non-hydrogen) atoms. The highest BCUT2D eigenvalue weighted by atomic mass is 14.4. The molecular weight excluding hydrogens is 120 g/mol. The minimum atomic E-state index is 0.857. The molecule has 54 valence electrons. The molecule has 0 N–H and O–H groups in total. The van der Waals surface area contributed by atoms with E-state index in [-0.39, 0.29) is 0 Å². The van der Waals surface area contributed by atoms with Gasteiger partial charge in [0.25, 0.3) is 0 Å². The summed E-state index contributed by atoms with van der Waals surface area (Å²) in [6.45, 7) is 8.17. The Morgan fingerprint density at radius 3 is 2.00 bits per heavy atom. The van der Waals surface area contributed by atoms with E-state index in [1.807, 2.05) is 0 Å². The molecule has 2 aliphatic carbocycles. The van der Waals surface area contributed by atoms with E-state index in [0.717, 1.165) is 18.3 Å². The standard InChI is InChI=1S/C10H14/c1-7-5-8(2)10-4-3-9(7)6-10/h9-10H,1-6H2. The van der Waals surface area contributed by atoms with Gasteiger partial charge in [0.15, 0.2) is 0 Å². The van der Waals surface area contributed by atoms with Gasteiger partial charge in [-0.05, 0) is 37.5 Å². The van der Waals surface area contributed by atoms with Crippen LogP contribution in [-0.2, 0) is 0 Å². The lowest BCUT2D eigenvalue weighted by Gasteiger charge is -2.23. The molecule has 2 unspecified atom stereocenters. The highest BCUT2D eigenvalue weighted by molar-refractivity contribution is 5.23. The van der Waals surface area contributed by atoms with E-state index >= 15 is 0 Å². The van der Waals surface area contributed by atoms with E-state index < -0.39 is 0 Å². The number of hydrogen-bond acceptors (Lipinski definition) is 0. The van der Waals surface area contributed by atoms with Gasteiger partial charge in [-0.15, -0.1) is 0 Å². The summed E-state index contributed by atoms with van der Waals surface area (Å²) in [5.41, 5.74) is 2.89. The lowest BCUT2D eigenvalue weighted by atomic mass is 9.83. The Hall–Kier alpha value is -0.520. The van der Waals surface area contributed by atoms with Crippen molar-refractivity contribution < 1.29 is 0 Å². The van der Waals surface area contributed by atoms with Crippen LogP contribution >= 0.6 is 0 Å². The fourth-order valence-corrected chi connectivity index (χ4v) is 2.30. The Labute approximate surface area is 62.6 Å². The normalized spacial score (nSPS) is 38.8. The zero-order valence-electron chi connectivity index (χ0n) is 6.40. The summed E-state index contributed by atoms with van der Waals surface area (Å²) in [5.74, 6) is 1.71. The molecule has 0 radical (unpaired) electrons. The molecule has 0 spiro atoms. The van der Waals surface area contributed by atoms with Crippen molar-refractivity contribution in [2.45, 2.75) is 25.7 Å². The van der Waals surface area contributed by atoms with Gasteiger partial charge in [-0.1, -0.05) is 24.3 Å². The third-order valence-corrected chi connectivity index (χ3v) is 3.04.